The zero-order valence-electron chi connectivity index (χ0n) is 18.0. The van der Waals surface area contributed by atoms with Crippen molar-refractivity contribution in [3.05, 3.63) is 45.1 Å². The molecule has 1 aliphatic heterocycles. The van der Waals surface area contributed by atoms with Gasteiger partial charge in [0.15, 0.2) is 5.58 Å². The summed E-state index contributed by atoms with van der Waals surface area (Å²) in [5.74, 6) is -0.959. The number of amides is 1. The molecule has 0 saturated carbocycles. The van der Waals surface area contributed by atoms with Gasteiger partial charge in [0, 0.05) is 31.9 Å². The average molecular weight is 479 g/mol. The maximum Gasteiger partial charge on any atom is 0.419 e. The second kappa shape index (κ2) is 9.18. The lowest BCUT2D eigenvalue weighted by molar-refractivity contribution is 0.102. The van der Waals surface area contributed by atoms with E-state index in [4.69, 9.17) is 4.42 Å². The van der Waals surface area contributed by atoms with E-state index in [1.54, 1.807) is 23.6 Å². The second-order valence-electron chi connectivity index (χ2n) is 8.04. The van der Waals surface area contributed by atoms with Crippen LogP contribution in [-0.2, 0) is 16.6 Å². The van der Waals surface area contributed by atoms with Crippen molar-refractivity contribution in [1.82, 2.24) is 13.8 Å². The van der Waals surface area contributed by atoms with Gasteiger partial charge in [0.05, 0.1) is 5.52 Å². The molecule has 172 valence electrons. The topological polar surface area (TPSA) is 105 Å². The fraction of sp³-hybridized carbons (Fsp3) is 0.429. The van der Waals surface area contributed by atoms with Gasteiger partial charge in [-0.05, 0) is 56.6 Å². The first-order chi connectivity index (χ1) is 15.3. The van der Waals surface area contributed by atoms with E-state index in [9.17, 15) is 18.0 Å². The molecule has 3 aromatic rings. The Labute approximate surface area is 190 Å². The van der Waals surface area contributed by atoms with Gasteiger partial charge in [-0.15, -0.1) is 11.3 Å². The number of rotatable bonds is 7. The van der Waals surface area contributed by atoms with E-state index >= 15 is 0 Å². The molecule has 0 unspecified atom stereocenters. The van der Waals surface area contributed by atoms with E-state index < -0.39 is 21.7 Å². The molecule has 0 radical (unpaired) electrons. The molecule has 0 atom stereocenters. The number of fused-ring (bicyclic) bond motifs is 1. The number of likely N-dealkylation sites (N-methyl/N-ethyl adjacent to an activating group) is 1. The first-order valence-electron chi connectivity index (χ1n) is 10.4. The Kier molecular flexibility index (Phi) is 6.52. The molecule has 0 bridgehead atoms. The van der Waals surface area contributed by atoms with Crippen molar-refractivity contribution < 1.29 is 17.6 Å². The van der Waals surface area contributed by atoms with Crippen LogP contribution >= 0.6 is 11.3 Å². The number of hydrogen-bond donors (Lipinski definition) is 1. The Bertz CT molecular complexity index is 1280. The van der Waals surface area contributed by atoms with Gasteiger partial charge < -0.3 is 14.6 Å². The van der Waals surface area contributed by atoms with Crippen LogP contribution in [0, 0.1) is 0 Å². The summed E-state index contributed by atoms with van der Waals surface area (Å²) in [5, 5.41) is 4.39. The highest BCUT2D eigenvalue weighted by atomic mass is 32.2. The number of sulfonamides is 1. The van der Waals surface area contributed by atoms with E-state index in [1.807, 2.05) is 19.0 Å². The van der Waals surface area contributed by atoms with Crippen molar-refractivity contribution in [2.75, 3.05) is 39.0 Å². The number of anilines is 1. The van der Waals surface area contributed by atoms with Crippen molar-refractivity contribution >= 4 is 44.1 Å². The summed E-state index contributed by atoms with van der Waals surface area (Å²) < 4.78 is 34.4. The Morgan fingerprint density at radius 3 is 2.66 bits per heavy atom. The smallest absolute Gasteiger partial charge is 0.408 e. The number of benzene rings is 1. The molecule has 1 fully saturated rings. The summed E-state index contributed by atoms with van der Waals surface area (Å²) in [6.07, 6.45) is 2.66. The number of thiophene rings is 1. The molecule has 2 aromatic heterocycles. The minimum Gasteiger partial charge on any atom is -0.408 e. The fourth-order valence-electron chi connectivity index (χ4n) is 3.75. The third kappa shape index (κ3) is 4.51. The van der Waals surface area contributed by atoms with Crippen LogP contribution in [-0.4, -0.2) is 61.8 Å². The van der Waals surface area contributed by atoms with Crippen molar-refractivity contribution in [1.29, 1.82) is 0 Å². The summed E-state index contributed by atoms with van der Waals surface area (Å²) >= 11 is 1.09. The van der Waals surface area contributed by atoms with E-state index in [2.05, 4.69) is 5.32 Å². The van der Waals surface area contributed by atoms with E-state index in [1.165, 1.54) is 14.9 Å². The quantitative estimate of drug-likeness (QED) is 0.560. The van der Waals surface area contributed by atoms with Crippen LogP contribution in [0.1, 0.15) is 28.9 Å². The van der Waals surface area contributed by atoms with Crippen molar-refractivity contribution in [3.8, 4) is 0 Å². The van der Waals surface area contributed by atoms with E-state index in [-0.39, 0.29) is 9.77 Å². The molecular weight excluding hydrogens is 452 g/mol. The predicted octanol–water partition coefficient (Wildman–Crippen LogP) is 2.64. The van der Waals surface area contributed by atoms with Gasteiger partial charge >= 0.3 is 5.76 Å². The van der Waals surface area contributed by atoms with Crippen molar-refractivity contribution in [2.45, 2.75) is 30.7 Å². The fourth-order valence-corrected chi connectivity index (χ4v) is 6.56. The summed E-state index contributed by atoms with van der Waals surface area (Å²) in [6.45, 7) is 2.04. The molecule has 0 aliphatic carbocycles. The number of aromatic nitrogens is 1. The zero-order valence-corrected chi connectivity index (χ0v) is 19.7. The Balaban J connectivity index is 1.59. The maximum absolute atomic E-state index is 13.1. The summed E-state index contributed by atoms with van der Waals surface area (Å²) in [4.78, 5) is 27.3. The molecule has 9 nitrogen and oxygen atoms in total. The number of carbonyl (C=O) groups is 1. The van der Waals surface area contributed by atoms with Crippen LogP contribution in [0.3, 0.4) is 0 Å². The van der Waals surface area contributed by atoms with Gasteiger partial charge in [0.2, 0.25) is 10.0 Å². The van der Waals surface area contributed by atoms with Gasteiger partial charge in [-0.25, -0.2) is 13.2 Å². The molecule has 4 rings (SSSR count). The number of nitrogens with zero attached hydrogens (tertiary/aromatic N) is 3. The third-order valence-corrected chi connectivity index (χ3v) is 8.45. The van der Waals surface area contributed by atoms with Gasteiger partial charge in [0.25, 0.3) is 5.91 Å². The van der Waals surface area contributed by atoms with Crippen LogP contribution in [0.15, 0.2) is 43.8 Å². The van der Waals surface area contributed by atoms with Gasteiger partial charge in [-0.3, -0.25) is 9.36 Å². The molecule has 1 aromatic carbocycles. The molecular formula is C21H26N4O5S2. The monoisotopic (exact) mass is 478 g/mol. The number of nitrogens with one attached hydrogen (secondary N) is 1. The van der Waals surface area contributed by atoms with Gasteiger partial charge in [-0.2, -0.15) is 4.31 Å². The first-order valence-corrected chi connectivity index (χ1v) is 12.8. The minimum absolute atomic E-state index is 0.0363. The normalized spacial score (nSPS) is 15.5. The molecule has 32 heavy (non-hydrogen) atoms. The number of hydrogen-bond acceptors (Lipinski definition) is 7. The maximum atomic E-state index is 13.1. The summed E-state index contributed by atoms with van der Waals surface area (Å²) in [6, 6.07) is 6.41. The highest BCUT2D eigenvalue weighted by Crippen LogP contribution is 2.28. The van der Waals surface area contributed by atoms with Crippen LogP contribution in [0.25, 0.3) is 11.1 Å². The molecule has 1 saturated heterocycles. The molecule has 3 heterocycles. The van der Waals surface area contributed by atoms with Crippen LogP contribution < -0.4 is 11.1 Å². The molecule has 11 heteroatoms. The predicted molar refractivity (Wildman–Crippen MR) is 124 cm³/mol. The molecule has 1 aliphatic rings. The van der Waals surface area contributed by atoms with Gasteiger partial charge in [0.1, 0.15) is 9.77 Å². The standard InChI is InChI=1S/C21H26N4O5S2/c1-23(2)11-12-25-16-14-15(6-7-17(16)30-21(25)27)22-20(26)19-18(8-13-31-19)32(28,29)24-9-4-3-5-10-24/h6-8,13-14H,3-5,9-12H2,1-2H3,(H,22,26). The second-order valence-corrected chi connectivity index (χ2v) is 10.9. The zero-order chi connectivity index (χ0) is 22.9. The lowest BCUT2D eigenvalue weighted by atomic mass is 10.2. The Morgan fingerprint density at radius 2 is 1.94 bits per heavy atom. The Morgan fingerprint density at radius 1 is 1.19 bits per heavy atom. The van der Waals surface area contributed by atoms with Crippen LogP contribution in [0.2, 0.25) is 0 Å². The average Bonchev–Trinajstić information content (AvgIpc) is 3.37. The lowest BCUT2D eigenvalue weighted by Crippen LogP contribution is -2.36. The first kappa shape index (κ1) is 22.7. The van der Waals surface area contributed by atoms with E-state index in [0.29, 0.717) is 43.0 Å². The SMILES string of the molecule is CN(C)CCn1c(=O)oc2ccc(NC(=O)c3sccc3S(=O)(=O)N3CCCCC3)cc21. The lowest BCUT2D eigenvalue weighted by Gasteiger charge is -2.25. The molecule has 0 spiro atoms. The summed E-state index contributed by atoms with van der Waals surface area (Å²) in [5.41, 5.74) is 1.45. The van der Waals surface area contributed by atoms with Crippen LogP contribution in [0.5, 0.6) is 0 Å². The molecule has 1 amide bonds. The number of oxazole rings is 1. The van der Waals surface area contributed by atoms with Gasteiger partial charge in [-0.1, -0.05) is 6.42 Å². The number of piperidine rings is 1. The van der Waals surface area contributed by atoms with E-state index in [0.717, 1.165) is 30.6 Å². The largest absolute Gasteiger partial charge is 0.419 e. The number of carbonyl (C=O) groups excluding carboxylic acids is 1. The molecule has 1 N–H and O–H groups in total. The third-order valence-electron chi connectivity index (χ3n) is 5.46. The van der Waals surface area contributed by atoms with Crippen molar-refractivity contribution in [2.24, 2.45) is 0 Å². The Hall–Kier alpha value is -2.47. The minimum atomic E-state index is -3.72. The summed E-state index contributed by atoms with van der Waals surface area (Å²) in [7, 11) is 0.102. The highest BCUT2D eigenvalue weighted by molar-refractivity contribution is 7.89. The van der Waals surface area contributed by atoms with Crippen molar-refractivity contribution in [3.63, 3.8) is 0 Å². The highest BCUT2D eigenvalue weighted by Gasteiger charge is 2.31. The van der Waals surface area contributed by atoms with Crippen LogP contribution in [0.4, 0.5) is 5.69 Å².